The second-order valence-corrected chi connectivity index (χ2v) is 6.12. The maximum absolute atomic E-state index is 12.4. The molecule has 0 aliphatic carbocycles. The van der Waals surface area contributed by atoms with Crippen molar-refractivity contribution in [2.75, 3.05) is 6.54 Å². The number of carbonyl (C=O) groups excluding carboxylic acids is 1. The summed E-state index contributed by atoms with van der Waals surface area (Å²) in [7, 11) is 0. The highest BCUT2D eigenvalue weighted by Crippen LogP contribution is 2.22. The maximum atomic E-state index is 12.4. The van der Waals surface area contributed by atoms with Crippen LogP contribution in [-0.2, 0) is 6.42 Å². The highest BCUT2D eigenvalue weighted by Gasteiger charge is 2.28. The standard InChI is InChI=1S/C13H21N3OS/c1-3-4-12-15-8-11(18-12)13(17)16-6-5-10(14)7-9(16)2/h8-10H,3-7,14H2,1-2H3/t9-,10+/m1/s1. The maximum Gasteiger partial charge on any atom is 0.265 e. The number of nitrogens with zero attached hydrogens (tertiary/aromatic N) is 2. The monoisotopic (exact) mass is 267 g/mol. The highest BCUT2D eigenvalue weighted by atomic mass is 32.1. The number of thiazole rings is 1. The van der Waals surface area contributed by atoms with Gasteiger partial charge in [-0.15, -0.1) is 11.3 Å². The molecule has 1 amide bonds. The number of piperidine rings is 1. The van der Waals surface area contributed by atoms with E-state index in [1.165, 1.54) is 11.3 Å². The third kappa shape index (κ3) is 2.90. The molecule has 0 bridgehead atoms. The first kappa shape index (κ1) is 13.5. The van der Waals surface area contributed by atoms with E-state index in [9.17, 15) is 4.79 Å². The summed E-state index contributed by atoms with van der Waals surface area (Å²) in [5.74, 6) is 0.120. The predicted octanol–water partition coefficient (Wildman–Crippen LogP) is 2.05. The molecule has 2 rings (SSSR count). The molecular formula is C13H21N3OS. The van der Waals surface area contributed by atoms with Crippen molar-refractivity contribution in [1.29, 1.82) is 0 Å². The van der Waals surface area contributed by atoms with Gasteiger partial charge in [-0.05, 0) is 32.6 Å². The molecule has 100 valence electrons. The quantitative estimate of drug-likeness (QED) is 0.911. The molecular weight excluding hydrogens is 246 g/mol. The summed E-state index contributed by atoms with van der Waals surface area (Å²) in [5, 5.41) is 1.06. The Balaban J connectivity index is 2.05. The Morgan fingerprint density at radius 2 is 2.44 bits per heavy atom. The third-order valence-electron chi connectivity index (χ3n) is 3.41. The van der Waals surface area contributed by atoms with Gasteiger partial charge in [0.05, 0.1) is 11.2 Å². The lowest BCUT2D eigenvalue weighted by Gasteiger charge is -2.36. The number of hydrogen-bond acceptors (Lipinski definition) is 4. The van der Waals surface area contributed by atoms with Crippen molar-refractivity contribution < 1.29 is 4.79 Å². The van der Waals surface area contributed by atoms with Crippen molar-refractivity contribution in [1.82, 2.24) is 9.88 Å². The topological polar surface area (TPSA) is 59.2 Å². The smallest absolute Gasteiger partial charge is 0.265 e. The van der Waals surface area contributed by atoms with Gasteiger partial charge in [-0.2, -0.15) is 0 Å². The van der Waals surface area contributed by atoms with Crippen molar-refractivity contribution >= 4 is 17.2 Å². The van der Waals surface area contributed by atoms with Gasteiger partial charge in [-0.3, -0.25) is 4.79 Å². The number of amides is 1. The minimum atomic E-state index is 0.120. The normalized spacial score (nSPS) is 24.3. The minimum absolute atomic E-state index is 0.120. The number of hydrogen-bond donors (Lipinski definition) is 1. The minimum Gasteiger partial charge on any atom is -0.335 e. The van der Waals surface area contributed by atoms with Gasteiger partial charge in [0.2, 0.25) is 0 Å². The Hall–Kier alpha value is -0.940. The lowest BCUT2D eigenvalue weighted by molar-refractivity contribution is 0.0624. The van der Waals surface area contributed by atoms with Crippen molar-refractivity contribution in [3.63, 3.8) is 0 Å². The fourth-order valence-corrected chi connectivity index (χ4v) is 3.37. The Labute approximate surface area is 112 Å². The first-order valence-electron chi connectivity index (χ1n) is 6.63. The van der Waals surface area contributed by atoms with Gasteiger partial charge < -0.3 is 10.6 Å². The summed E-state index contributed by atoms with van der Waals surface area (Å²) in [6.07, 6.45) is 5.54. The molecule has 4 nitrogen and oxygen atoms in total. The van der Waals surface area contributed by atoms with Crippen LogP contribution in [-0.4, -0.2) is 34.4 Å². The zero-order valence-electron chi connectivity index (χ0n) is 11.1. The van der Waals surface area contributed by atoms with Crippen LogP contribution in [0.5, 0.6) is 0 Å². The van der Waals surface area contributed by atoms with E-state index in [0.29, 0.717) is 0 Å². The first-order chi connectivity index (χ1) is 8.61. The molecule has 0 aromatic carbocycles. The summed E-state index contributed by atoms with van der Waals surface area (Å²) in [6, 6.07) is 0.471. The van der Waals surface area contributed by atoms with Crippen molar-refractivity contribution in [2.45, 2.75) is 51.6 Å². The van der Waals surface area contributed by atoms with Gasteiger partial charge in [0.15, 0.2) is 0 Å². The van der Waals surface area contributed by atoms with Gasteiger partial charge in [0, 0.05) is 18.6 Å². The molecule has 1 fully saturated rings. The molecule has 1 aromatic rings. The van der Waals surface area contributed by atoms with E-state index in [0.717, 1.165) is 42.1 Å². The average Bonchev–Trinajstić information content (AvgIpc) is 2.77. The van der Waals surface area contributed by atoms with E-state index < -0.39 is 0 Å². The second kappa shape index (κ2) is 5.80. The van der Waals surface area contributed by atoms with Gasteiger partial charge in [-0.1, -0.05) is 6.92 Å². The van der Waals surface area contributed by atoms with E-state index >= 15 is 0 Å². The van der Waals surface area contributed by atoms with Crippen molar-refractivity contribution in [2.24, 2.45) is 5.73 Å². The van der Waals surface area contributed by atoms with Gasteiger partial charge in [0.25, 0.3) is 5.91 Å². The van der Waals surface area contributed by atoms with E-state index in [-0.39, 0.29) is 18.0 Å². The zero-order chi connectivity index (χ0) is 13.1. The summed E-state index contributed by atoms with van der Waals surface area (Å²) in [4.78, 5) is 19.4. The fraction of sp³-hybridized carbons (Fsp3) is 0.692. The molecule has 2 heterocycles. The van der Waals surface area contributed by atoms with Crippen LogP contribution in [0.25, 0.3) is 0 Å². The van der Waals surface area contributed by atoms with Crippen molar-refractivity contribution in [3.8, 4) is 0 Å². The van der Waals surface area contributed by atoms with Gasteiger partial charge >= 0.3 is 0 Å². The van der Waals surface area contributed by atoms with Crippen LogP contribution >= 0.6 is 11.3 Å². The van der Waals surface area contributed by atoms with Crippen molar-refractivity contribution in [3.05, 3.63) is 16.1 Å². The van der Waals surface area contributed by atoms with E-state index in [1.54, 1.807) is 6.20 Å². The number of carbonyl (C=O) groups is 1. The number of nitrogens with two attached hydrogens (primary N) is 1. The number of rotatable bonds is 3. The van der Waals surface area contributed by atoms with E-state index in [4.69, 9.17) is 5.73 Å². The predicted molar refractivity (Wildman–Crippen MR) is 73.8 cm³/mol. The van der Waals surface area contributed by atoms with E-state index in [2.05, 4.69) is 18.8 Å². The molecule has 1 saturated heterocycles. The highest BCUT2D eigenvalue weighted by molar-refractivity contribution is 7.13. The molecule has 2 N–H and O–H groups in total. The van der Waals surface area contributed by atoms with Gasteiger partial charge in [0.1, 0.15) is 4.88 Å². The van der Waals surface area contributed by atoms with Crippen LogP contribution < -0.4 is 5.73 Å². The molecule has 0 unspecified atom stereocenters. The summed E-state index contributed by atoms with van der Waals surface area (Å²) >= 11 is 1.53. The number of likely N-dealkylation sites (tertiary alicyclic amines) is 1. The third-order valence-corrected chi connectivity index (χ3v) is 4.45. The molecule has 18 heavy (non-hydrogen) atoms. The Bertz CT molecular complexity index is 418. The second-order valence-electron chi connectivity index (χ2n) is 5.00. The molecule has 0 saturated carbocycles. The van der Waals surface area contributed by atoms with Crippen LogP contribution in [0.15, 0.2) is 6.20 Å². The summed E-state index contributed by atoms with van der Waals surface area (Å²) < 4.78 is 0. The molecule has 1 aromatic heterocycles. The summed E-state index contributed by atoms with van der Waals surface area (Å²) in [5.41, 5.74) is 5.92. The fourth-order valence-electron chi connectivity index (χ4n) is 2.39. The summed E-state index contributed by atoms with van der Waals surface area (Å²) in [6.45, 7) is 4.96. The lowest BCUT2D eigenvalue weighted by Crippen LogP contribution is -2.48. The van der Waals surface area contributed by atoms with Crippen LogP contribution in [0.2, 0.25) is 0 Å². The van der Waals surface area contributed by atoms with Crippen LogP contribution in [0.3, 0.4) is 0 Å². The Morgan fingerprint density at radius 1 is 1.67 bits per heavy atom. The van der Waals surface area contributed by atoms with Crippen LogP contribution in [0.4, 0.5) is 0 Å². The molecule has 0 radical (unpaired) electrons. The molecule has 0 spiro atoms. The largest absolute Gasteiger partial charge is 0.335 e. The number of aromatic nitrogens is 1. The molecule has 1 aliphatic heterocycles. The average molecular weight is 267 g/mol. The SMILES string of the molecule is CCCc1ncc(C(=O)N2CC[C@H](N)C[C@H]2C)s1. The Kier molecular flexibility index (Phi) is 4.35. The van der Waals surface area contributed by atoms with Gasteiger partial charge in [-0.25, -0.2) is 4.98 Å². The van der Waals surface area contributed by atoms with E-state index in [1.807, 2.05) is 4.90 Å². The molecule has 1 aliphatic rings. The Morgan fingerprint density at radius 3 is 3.11 bits per heavy atom. The number of aryl methyl sites for hydroxylation is 1. The molecule has 2 atom stereocenters. The molecule has 5 heteroatoms. The lowest BCUT2D eigenvalue weighted by atomic mass is 9.99. The van der Waals surface area contributed by atoms with Crippen LogP contribution in [0, 0.1) is 0 Å². The first-order valence-corrected chi connectivity index (χ1v) is 7.44. The zero-order valence-corrected chi connectivity index (χ0v) is 11.9. The van der Waals surface area contributed by atoms with Crippen LogP contribution in [0.1, 0.15) is 47.8 Å².